The van der Waals surface area contributed by atoms with Gasteiger partial charge in [-0.05, 0) is 36.3 Å². The lowest BCUT2D eigenvalue weighted by atomic mass is 9.82. The molecule has 106 valence electrons. The van der Waals surface area contributed by atoms with E-state index in [0.717, 1.165) is 5.92 Å². The van der Waals surface area contributed by atoms with E-state index in [9.17, 15) is 0 Å². The van der Waals surface area contributed by atoms with Crippen molar-refractivity contribution in [3.05, 3.63) is 59.7 Å². The van der Waals surface area contributed by atoms with Crippen molar-refractivity contribution < 1.29 is 4.48 Å². The first-order chi connectivity index (χ1) is 10.4. The normalized spacial score (nSPS) is 30.2. The van der Waals surface area contributed by atoms with Gasteiger partial charge in [0.1, 0.15) is 6.04 Å². The summed E-state index contributed by atoms with van der Waals surface area (Å²) in [6.45, 7) is 4.16. The Morgan fingerprint density at radius 1 is 0.667 bits per heavy atom. The molecule has 0 atom stereocenters. The molecule has 1 nitrogen and oxygen atoms in total. The molecule has 1 heteroatoms. The number of hydrogen-bond donors (Lipinski definition) is 0. The Bertz CT molecular complexity index is 635. The van der Waals surface area contributed by atoms with Gasteiger partial charge in [-0.2, -0.15) is 0 Å². The first-order valence-corrected chi connectivity index (χ1v) is 8.41. The van der Waals surface area contributed by atoms with E-state index in [1.54, 1.807) is 11.1 Å². The molecule has 0 unspecified atom stereocenters. The fourth-order valence-corrected chi connectivity index (χ4v) is 5.19. The molecule has 21 heavy (non-hydrogen) atoms. The van der Waals surface area contributed by atoms with Gasteiger partial charge >= 0.3 is 0 Å². The van der Waals surface area contributed by atoms with Gasteiger partial charge < -0.3 is 4.48 Å². The third-order valence-electron chi connectivity index (χ3n) is 6.30. The fraction of sp³-hybridized carbons (Fsp3) is 0.400. The highest BCUT2D eigenvalue weighted by atomic mass is 15.4. The number of benzene rings is 2. The molecule has 4 aliphatic rings. The van der Waals surface area contributed by atoms with Crippen LogP contribution in [0, 0.1) is 5.92 Å². The van der Waals surface area contributed by atoms with Crippen LogP contribution in [0.15, 0.2) is 48.5 Å². The van der Waals surface area contributed by atoms with Gasteiger partial charge in [0.25, 0.3) is 0 Å². The Morgan fingerprint density at radius 3 is 1.67 bits per heavy atom. The molecule has 0 saturated carbocycles. The van der Waals surface area contributed by atoms with Gasteiger partial charge in [0, 0.05) is 11.1 Å². The van der Waals surface area contributed by atoms with Gasteiger partial charge in [0.2, 0.25) is 0 Å². The molecule has 0 N–H and O–H groups in total. The molecular formula is C20H22N+. The first kappa shape index (κ1) is 12.0. The molecule has 3 aliphatic heterocycles. The molecule has 3 fully saturated rings. The van der Waals surface area contributed by atoms with Crippen molar-refractivity contribution in [2.45, 2.75) is 25.3 Å². The minimum absolute atomic E-state index is 0.596. The van der Waals surface area contributed by atoms with Crippen LogP contribution in [0.2, 0.25) is 0 Å². The molecule has 0 radical (unpaired) electrons. The summed E-state index contributed by atoms with van der Waals surface area (Å²) in [5, 5.41) is 0. The lowest BCUT2D eigenvalue weighted by Crippen LogP contribution is -2.59. The molecule has 0 spiro atoms. The number of fused-ring (bicyclic) bond motifs is 6. The monoisotopic (exact) mass is 276 g/mol. The molecule has 0 aromatic heterocycles. The summed E-state index contributed by atoms with van der Waals surface area (Å²) in [6.07, 6.45) is 4.34. The van der Waals surface area contributed by atoms with Crippen molar-refractivity contribution in [2.75, 3.05) is 19.6 Å². The van der Waals surface area contributed by atoms with Crippen LogP contribution >= 0.6 is 0 Å². The van der Waals surface area contributed by atoms with Crippen molar-refractivity contribution in [1.29, 1.82) is 0 Å². The second kappa shape index (κ2) is 4.20. The predicted octanol–water partition coefficient (Wildman–Crippen LogP) is 4.39. The smallest absolute Gasteiger partial charge is 0.142 e. The van der Waals surface area contributed by atoms with Crippen LogP contribution in [0.5, 0.6) is 0 Å². The summed E-state index contributed by atoms with van der Waals surface area (Å²) in [6, 6.07) is 18.9. The zero-order valence-electron chi connectivity index (χ0n) is 12.5. The predicted molar refractivity (Wildman–Crippen MR) is 85.9 cm³/mol. The number of nitrogens with zero attached hydrogens (tertiary/aromatic N) is 1. The topological polar surface area (TPSA) is 0 Å². The lowest BCUT2D eigenvalue weighted by molar-refractivity contribution is -0.965. The van der Waals surface area contributed by atoms with Crippen LogP contribution < -0.4 is 0 Å². The minimum atomic E-state index is 0.596. The van der Waals surface area contributed by atoms with Crippen molar-refractivity contribution in [3.63, 3.8) is 0 Å². The SMILES string of the molecule is c1ccc2c(c1)-c1ccccc1C2[N+]12CCC(CC1)CC2. The maximum Gasteiger partial charge on any atom is 0.142 e. The molecule has 2 bridgehead atoms. The van der Waals surface area contributed by atoms with E-state index in [1.807, 2.05) is 0 Å². The summed E-state index contributed by atoms with van der Waals surface area (Å²) in [5.41, 5.74) is 6.13. The molecule has 0 amide bonds. The van der Waals surface area contributed by atoms with Crippen LogP contribution in [0.25, 0.3) is 11.1 Å². The molecule has 2 aromatic rings. The molecular weight excluding hydrogens is 254 g/mol. The average Bonchev–Trinajstić information content (AvgIpc) is 2.92. The highest BCUT2D eigenvalue weighted by Gasteiger charge is 2.49. The maximum atomic E-state index is 2.38. The van der Waals surface area contributed by atoms with Crippen molar-refractivity contribution in [1.82, 2.24) is 0 Å². The zero-order chi connectivity index (χ0) is 13.9. The van der Waals surface area contributed by atoms with Crippen molar-refractivity contribution in [3.8, 4) is 11.1 Å². The van der Waals surface area contributed by atoms with Crippen LogP contribution in [-0.2, 0) is 0 Å². The Kier molecular flexibility index (Phi) is 2.40. The fourth-order valence-electron chi connectivity index (χ4n) is 5.19. The second-order valence-electron chi connectivity index (χ2n) is 7.20. The van der Waals surface area contributed by atoms with E-state index in [1.165, 1.54) is 54.5 Å². The molecule has 3 heterocycles. The van der Waals surface area contributed by atoms with Crippen LogP contribution in [0.4, 0.5) is 0 Å². The quantitative estimate of drug-likeness (QED) is 0.678. The van der Waals surface area contributed by atoms with Gasteiger partial charge in [-0.1, -0.05) is 48.5 Å². The van der Waals surface area contributed by atoms with Gasteiger partial charge in [-0.3, -0.25) is 0 Å². The van der Waals surface area contributed by atoms with E-state index in [0.29, 0.717) is 6.04 Å². The Labute approximate surface area is 126 Å². The van der Waals surface area contributed by atoms with Crippen molar-refractivity contribution in [2.24, 2.45) is 5.92 Å². The molecule has 3 saturated heterocycles. The summed E-state index contributed by atoms with van der Waals surface area (Å²) < 4.78 is 1.32. The number of rotatable bonds is 1. The highest BCUT2D eigenvalue weighted by molar-refractivity contribution is 5.78. The van der Waals surface area contributed by atoms with Crippen molar-refractivity contribution >= 4 is 0 Å². The minimum Gasteiger partial charge on any atom is -0.314 e. The Morgan fingerprint density at radius 2 is 1.14 bits per heavy atom. The van der Waals surface area contributed by atoms with Gasteiger partial charge in [0.15, 0.2) is 0 Å². The van der Waals surface area contributed by atoms with Crippen LogP contribution in [0.3, 0.4) is 0 Å². The standard InChI is InChI=1S/C20H22N/c1-3-7-18-16(5-1)17-6-2-4-8-19(17)20(18)21-12-9-15(10-13-21)11-14-21/h1-8,15,20H,9-14H2/q+1. The summed E-state index contributed by atoms with van der Waals surface area (Å²) in [4.78, 5) is 0. The van der Waals surface area contributed by atoms with Gasteiger partial charge in [0.05, 0.1) is 19.6 Å². The van der Waals surface area contributed by atoms with Crippen LogP contribution in [0.1, 0.15) is 36.4 Å². The number of quaternary nitrogens is 1. The second-order valence-corrected chi connectivity index (χ2v) is 7.20. The molecule has 6 rings (SSSR count). The largest absolute Gasteiger partial charge is 0.314 e. The Hall–Kier alpha value is -1.60. The van der Waals surface area contributed by atoms with Gasteiger partial charge in [-0.25, -0.2) is 0 Å². The van der Waals surface area contributed by atoms with E-state index in [4.69, 9.17) is 0 Å². The molecule has 2 aromatic carbocycles. The third-order valence-corrected chi connectivity index (χ3v) is 6.30. The molecule has 1 aliphatic carbocycles. The van der Waals surface area contributed by atoms with E-state index in [2.05, 4.69) is 48.5 Å². The highest BCUT2D eigenvalue weighted by Crippen LogP contribution is 2.52. The maximum absolute atomic E-state index is 2.38. The number of piperidine rings is 3. The third kappa shape index (κ3) is 1.56. The van der Waals surface area contributed by atoms with Gasteiger partial charge in [-0.15, -0.1) is 0 Å². The number of hydrogen-bond acceptors (Lipinski definition) is 0. The summed E-state index contributed by atoms with van der Waals surface area (Å²) >= 11 is 0. The summed E-state index contributed by atoms with van der Waals surface area (Å²) in [5.74, 6) is 1.02. The average molecular weight is 276 g/mol. The van der Waals surface area contributed by atoms with Crippen LogP contribution in [-0.4, -0.2) is 24.1 Å². The summed E-state index contributed by atoms with van der Waals surface area (Å²) in [7, 11) is 0. The van der Waals surface area contributed by atoms with E-state index in [-0.39, 0.29) is 0 Å². The lowest BCUT2D eigenvalue weighted by Gasteiger charge is -2.53. The Balaban J connectivity index is 1.73. The zero-order valence-corrected chi connectivity index (χ0v) is 12.5. The first-order valence-electron chi connectivity index (χ1n) is 8.41. The van der Waals surface area contributed by atoms with E-state index < -0.39 is 0 Å². The van der Waals surface area contributed by atoms with E-state index >= 15 is 0 Å².